The van der Waals surface area contributed by atoms with Crippen LogP contribution in [0.3, 0.4) is 0 Å². The second kappa shape index (κ2) is 11.0. The van der Waals surface area contributed by atoms with Crippen LogP contribution in [0.2, 0.25) is 5.02 Å². The highest BCUT2D eigenvalue weighted by molar-refractivity contribution is 6.31. The Morgan fingerprint density at radius 2 is 1.97 bits per heavy atom. The fraction of sp³-hybridized carbons (Fsp3) is 0.296. The maximum absolute atomic E-state index is 13.6. The first kappa shape index (κ1) is 24.9. The van der Waals surface area contributed by atoms with Gasteiger partial charge in [0.1, 0.15) is 6.07 Å². The molecule has 1 atom stereocenters. The van der Waals surface area contributed by atoms with E-state index >= 15 is 0 Å². The summed E-state index contributed by atoms with van der Waals surface area (Å²) in [5.41, 5.74) is 3.02. The molecule has 35 heavy (non-hydrogen) atoms. The van der Waals surface area contributed by atoms with Crippen molar-refractivity contribution in [2.45, 2.75) is 32.0 Å². The van der Waals surface area contributed by atoms with Crippen LogP contribution in [0.1, 0.15) is 34.4 Å². The van der Waals surface area contributed by atoms with Crippen molar-refractivity contribution in [3.05, 3.63) is 106 Å². The molecule has 2 aromatic carbocycles. The minimum Gasteiger partial charge on any atom is -0.293 e. The second-order valence-corrected chi connectivity index (χ2v) is 9.14. The van der Waals surface area contributed by atoms with Crippen LogP contribution in [0.5, 0.6) is 0 Å². The maximum atomic E-state index is 13.6. The van der Waals surface area contributed by atoms with Crippen LogP contribution in [0.25, 0.3) is 0 Å². The van der Waals surface area contributed by atoms with Crippen molar-refractivity contribution in [3.8, 4) is 6.07 Å². The molecule has 8 heteroatoms. The molecule has 1 aromatic heterocycles. The lowest BCUT2D eigenvalue weighted by Crippen LogP contribution is -2.19. The van der Waals surface area contributed by atoms with Gasteiger partial charge in [-0.25, -0.2) is 0 Å². The summed E-state index contributed by atoms with van der Waals surface area (Å²) < 4.78 is 40.9. The summed E-state index contributed by atoms with van der Waals surface area (Å²) in [5, 5.41) is 9.50. The quantitative estimate of drug-likeness (QED) is 0.362. The molecule has 0 radical (unpaired) electrons. The van der Waals surface area contributed by atoms with Crippen molar-refractivity contribution in [1.82, 2.24) is 14.9 Å². The van der Waals surface area contributed by atoms with Gasteiger partial charge in [0.05, 0.1) is 21.8 Å². The molecule has 1 aliphatic rings. The standard InChI is InChI=1S/C27H24ClF3N4/c28-26-14-19(5-6-23(26)15-32)11-21(13-22-3-1-2-4-25(22)27(29,30)31)12-20-7-10-35(17-20)18-24-16-33-8-9-34-24/h1-6,8-9,12,14,16,21H,7,10-11,13,17-18H2/b20-12+. The SMILES string of the molecule is N#Cc1ccc(CC(/C=C2\CCN(Cc3cnccn3)C2)Cc2ccccc2C(F)(F)F)cc1Cl. The first-order valence-corrected chi connectivity index (χ1v) is 11.7. The predicted molar refractivity (Wildman–Crippen MR) is 129 cm³/mol. The molecule has 1 unspecified atom stereocenters. The van der Waals surface area contributed by atoms with Crippen LogP contribution < -0.4 is 0 Å². The minimum atomic E-state index is -4.41. The van der Waals surface area contributed by atoms with E-state index in [1.165, 1.54) is 11.6 Å². The molecule has 0 aliphatic carbocycles. The largest absolute Gasteiger partial charge is 0.416 e. The Balaban J connectivity index is 1.57. The van der Waals surface area contributed by atoms with Gasteiger partial charge in [-0.1, -0.05) is 47.5 Å². The van der Waals surface area contributed by atoms with Crippen molar-refractivity contribution in [2.24, 2.45) is 5.92 Å². The van der Waals surface area contributed by atoms with Crippen molar-refractivity contribution < 1.29 is 13.2 Å². The maximum Gasteiger partial charge on any atom is 0.416 e. The number of benzene rings is 2. The highest BCUT2D eigenvalue weighted by Crippen LogP contribution is 2.34. The first-order valence-electron chi connectivity index (χ1n) is 11.3. The zero-order valence-electron chi connectivity index (χ0n) is 19.0. The van der Waals surface area contributed by atoms with Crippen molar-refractivity contribution >= 4 is 11.6 Å². The highest BCUT2D eigenvalue weighted by Gasteiger charge is 2.33. The number of halogens is 4. The summed E-state index contributed by atoms with van der Waals surface area (Å²) in [7, 11) is 0. The van der Waals surface area contributed by atoms with Gasteiger partial charge in [-0.3, -0.25) is 14.9 Å². The lowest BCUT2D eigenvalue weighted by Gasteiger charge is -2.19. The van der Waals surface area contributed by atoms with E-state index < -0.39 is 11.7 Å². The van der Waals surface area contributed by atoms with Gasteiger partial charge in [0.2, 0.25) is 0 Å². The van der Waals surface area contributed by atoms with Gasteiger partial charge in [-0.05, 0) is 54.5 Å². The number of nitriles is 1. The molecular formula is C27H24ClF3N4. The Hall–Kier alpha value is -3.21. The third-order valence-corrected chi connectivity index (χ3v) is 6.42. The topological polar surface area (TPSA) is 52.8 Å². The Kier molecular flexibility index (Phi) is 7.84. The Morgan fingerprint density at radius 1 is 1.14 bits per heavy atom. The van der Waals surface area contributed by atoms with E-state index in [4.69, 9.17) is 16.9 Å². The molecule has 4 rings (SSSR count). The summed E-state index contributed by atoms with van der Waals surface area (Å²) in [4.78, 5) is 10.7. The van der Waals surface area contributed by atoms with Crippen molar-refractivity contribution in [2.75, 3.05) is 13.1 Å². The lowest BCUT2D eigenvalue weighted by molar-refractivity contribution is -0.138. The van der Waals surface area contributed by atoms with Crippen LogP contribution in [-0.2, 0) is 25.6 Å². The summed E-state index contributed by atoms with van der Waals surface area (Å²) in [6.45, 7) is 2.27. The number of hydrogen-bond acceptors (Lipinski definition) is 4. The van der Waals surface area contributed by atoms with E-state index in [9.17, 15) is 13.2 Å². The minimum absolute atomic E-state index is 0.158. The molecule has 1 saturated heterocycles. The molecule has 2 heterocycles. The van der Waals surface area contributed by atoms with Gasteiger partial charge >= 0.3 is 6.18 Å². The van der Waals surface area contributed by atoms with Gasteiger partial charge in [0, 0.05) is 38.2 Å². The molecule has 3 aromatic rings. The number of aromatic nitrogens is 2. The Bertz CT molecular complexity index is 1240. The Morgan fingerprint density at radius 3 is 2.69 bits per heavy atom. The molecule has 0 spiro atoms. The number of nitrogens with zero attached hydrogens (tertiary/aromatic N) is 4. The van der Waals surface area contributed by atoms with Gasteiger partial charge < -0.3 is 0 Å². The van der Waals surface area contributed by atoms with Gasteiger partial charge in [0.25, 0.3) is 0 Å². The number of alkyl halides is 3. The number of rotatable bonds is 7. The zero-order chi connectivity index (χ0) is 24.8. The van der Waals surface area contributed by atoms with E-state index in [1.54, 1.807) is 42.9 Å². The summed E-state index contributed by atoms with van der Waals surface area (Å²) in [6.07, 6.45) is 4.38. The normalized spacial score (nSPS) is 16.4. The lowest BCUT2D eigenvalue weighted by atomic mass is 9.88. The molecule has 4 nitrogen and oxygen atoms in total. The molecule has 0 bridgehead atoms. The van der Waals surface area contributed by atoms with Crippen LogP contribution in [-0.4, -0.2) is 28.0 Å². The summed E-state index contributed by atoms with van der Waals surface area (Å²) in [5.74, 6) is -0.158. The predicted octanol–water partition coefficient (Wildman–Crippen LogP) is 6.25. The van der Waals surface area contributed by atoms with Crippen molar-refractivity contribution in [1.29, 1.82) is 5.26 Å². The van der Waals surface area contributed by atoms with Crippen LogP contribution in [0.4, 0.5) is 13.2 Å². The molecule has 1 fully saturated rings. The van der Waals surface area contributed by atoms with Gasteiger partial charge in [-0.2, -0.15) is 18.4 Å². The third-order valence-electron chi connectivity index (χ3n) is 6.11. The molecule has 1 aliphatic heterocycles. The molecule has 0 N–H and O–H groups in total. The van der Waals surface area contributed by atoms with Crippen LogP contribution in [0.15, 0.2) is 72.7 Å². The number of likely N-dealkylation sites (tertiary alicyclic amines) is 1. The molecular weight excluding hydrogens is 473 g/mol. The summed E-state index contributed by atoms with van der Waals surface area (Å²) >= 11 is 6.22. The number of hydrogen-bond donors (Lipinski definition) is 0. The Labute approximate surface area is 207 Å². The first-order chi connectivity index (χ1) is 16.8. The van der Waals surface area contributed by atoms with E-state index in [1.807, 2.05) is 12.1 Å². The fourth-order valence-electron chi connectivity index (χ4n) is 4.52. The highest BCUT2D eigenvalue weighted by atomic mass is 35.5. The molecule has 180 valence electrons. The van der Waals surface area contributed by atoms with Gasteiger partial charge in [0.15, 0.2) is 0 Å². The number of allylic oxidation sites excluding steroid dienone is 1. The van der Waals surface area contributed by atoms with E-state index in [0.717, 1.165) is 36.8 Å². The van der Waals surface area contributed by atoms with E-state index in [2.05, 4.69) is 20.9 Å². The second-order valence-electron chi connectivity index (χ2n) is 8.73. The van der Waals surface area contributed by atoms with Crippen LogP contribution >= 0.6 is 11.6 Å². The van der Waals surface area contributed by atoms with E-state index in [-0.39, 0.29) is 17.9 Å². The van der Waals surface area contributed by atoms with Gasteiger partial charge in [-0.15, -0.1) is 0 Å². The van der Waals surface area contributed by atoms with Crippen molar-refractivity contribution in [3.63, 3.8) is 0 Å². The average Bonchev–Trinajstić information content (AvgIpc) is 3.26. The zero-order valence-corrected chi connectivity index (χ0v) is 19.7. The molecule has 0 saturated carbocycles. The monoisotopic (exact) mass is 496 g/mol. The third kappa shape index (κ3) is 6.68. The smallest absolute Gasteiger partial charge is 0.293 e. The summed E-state index contributed by atoms with van der Waals surface area (Å²) in [6, 6.07) is 13.0. The fourth-order valence-corrected chi connectivity index (χ4v) is 4.76. The average molecular weight is 497 g/mol. The molecule has 0 amide bonds. The van der Waals surface area contributed by atoms with Crippen LogP contribution in [0, 0.1) is 17.2 Å². The van der Waals surface area contributed by atoms with E-state index in [0.29, 0.717) is 23.6 Å².